The van der Waals surface area contributed by atoms with Crippen LogP contribution in [-0.4, -0.2) is 18.0 Å². The summed E-state index contributed by atoms with van der Waals surface area (Å²) in [5.41, 5.74) is 7.91. The van der Waals surface area contributed by atoms with Crippen molar-refractivity contribution < 1.29 is 0 Å². The van der Waals surface area contributed by atoms with E-state index in [0.29, 0.717) is 6.04 Å². The summed E-state index contributed by atoms with van der Waals surface area (Å²) < 4.78 is 0. The molecule has 2 heteroatoms. The van der Waals surface area contributed by atoms with Crippen molar-refractivity contribution in [2.24, 2.45) is 0 Å². The highest BCUT2D eigenvalue weighted by Crippen LogP contribution is 2.31. The van der Waals surface area contributed by atoms with Gasteiger partial charge in [0.05, 0.1) is 0 Å². The predicted molar refractivity (Wildman–Crippen MR) is 64.6 cm³/mol. The van der Waals surface area contributed by atoms with E-state index in [1.807, 2.05) is 18.2 Å². The number of nitrogen functional groups attached to an aromatic ring is 1. The fraction of sp³-hybridized carbons (Fsp3) is 0.385. The molecule has 0 saturated carbocycles. The Kier molecular flexibility index (Phi) is 3.07. The molecule has 1 fully saturated rings. The molecule has 1 heterocycles. The van der Waals surface area contributed by atoms with Crippen LogP contribution in [0.25, 0.3) is 0 Å². The Morgan fingerprint density at radius 2 is 2.13 bits per heavy atom. The van der Waals surface area contributed by atoms with Crippen molar-refractivity contribution in [2.75, 3.05) is 18.8 Å². The van der Waals surface area contributed by atoms with Gasteiger partial charge >= 0.3 is 0 Å². The van der Waals surface area contributed by atoms with Crippen molar-refractivity contribution >= 4 is 5.69 Å². The quantitative estimate of drug-likeness (QED) is 0.603. The maximum Gasteiger partial charge on any atom is 0.0351 e. The molecule has 1 aliphatic rings. The molecule has 0 radical (unpaired) electrons. The van der Waals surface area contributed by atoms with Gasteiger partial charge < -0.3 is 5.73 Å². The molecular formula is C13H18N2. The second kappa shape index (κ2) is 4.49. The zero-order valence-corrected chi connectivity index (χ0v) is 9.02. The van der Waals surface area contributed by atoms with Gasteiger partial charge in [-0.1, -0.05) is 18.2 Å². The topological polar surface area (TPSA) is 29.3 Å². The van der Waals surface area contributed by atoms with E-state index in [4.69, 9.17) is 5.73 Å². The van der Waals surface area contributed by atoms with Crippen LogP contribution in [-0.2, 0) is 0 Å². The summed E-state index contributed by atoms with van der Waals surface area (Å²) in [6, 6.07) is 8.81. The molecule has 1 aromatic rings. The van der Waals surface area contributed by atoms with E-state index < -0.39 is 0 Å². The average Bonchev–Trinajstić information content (AvgIpc) is 2.68. The maximum absolute atomic E-state index is 5.69. The van der Waals surface area contributed by atoms with Crippen molar-refractivity contribution in [3.8, 4) is 0 Å². The van der Waals surface area contributed by atoms with Crippen LogP contribution in [0.2, 0.25) is 0 Å². The molecule has 2 N–H and O–H groups in total. The second-order valence-corrected chi connectivity index (χ2v) is 4.11. The Bertz CT molecular complexity index is 329. The van der Waals surface area contributed by atoms with Gasteiger partial charge in [0.15, 0.2) is 0 Å². The van der Waals surface area contributed by atoms with E-state index in [-0.39, 0.29) is 0 Å². The molecule has 2 nitrogen and oxygen atoms in total. The van der Waals surface area contributed by atoms with Crippen LogP contribution >= 0.6 is 0 Å². The molecule has 1 saturated heterocycles. The standard InChI is InChI=1S/C13H18N2/c1-2-9-15-10-3-4-13(15)11-5-7-12(14)8-6-11/h2,5-8,13H,1,3-4,9-10,14H2. The summed E-state index contributed by atoms with van der Waals surface area (Å²) in [5.74, 6) is 0. The summed E-state index contributed by atoms with van der Waals surface area (Å²) in [5, 5.41) is 0. The fourth-order valence-electron chi connectivity index (χ4n) is 2.31. The molecule has 0 bridgehead atoms. The molecule has 1 atom stereocenters. The van der Waals surface area contributed by atoms with Gasteiger partial charge in [-0.3, -0.25) is 4.90 Å². The third-order valence-corrected chi connectivity index (χ3v) is 3.05. The first-order chi connectivity index (χ1) is 7.31. The van der Waals surface area contributed by atoms with E-state index in [2.05, 4.69) is 23.6 Å². The first kappa shape index (κ1) is 10.2. The number of nitrogens with two attached hydrogens (primary N) is 1. The van der Waals surface area contributed by atoms with Crippen molar-refractivity contribution in [2.45, 2.75) is 18.9 Å². The number of likely N-dealkylation sites (tertiary alicyclic amines) is 1. The van der Waals surface area contributed by atoms with Crippen molar-refractivity contribution in [1.29, 1.82) is 0 Å². The van der Waals surface area contributed by atoms with Gasteiger partial charge in [-0.15, -0.1) is 6.58 Å². The number of anilines is 1. The van der Waals surface area contributed by atoms with Gasteiger partial charge in [0.1, 0.15) is 0 Å². The van der Waals surface area contributed by atoms with Crippen molar-refractivity contribution in [1.82, 2.24) is 4.90 Å². The van der Waals surface area contributed by atoms with Crippen LogP contribution in [0.3, 0.4) is 0 Å². The Balaban J connectivity index is 2.15. The van der Waals surface area contributed by atoms with Gasteiger partial charge in [0, 0.05) is 18.3 Å². The Labute approximate surface area is 91.4 Å². The number of hydrogen-bond acceptors (Lipinski definition) is 2. The van der Waals surface area contributed by atoms with Gasteiger partial charge in [0.25, 0.3) is 0 Å². The van der Waals surface area contributed by atoms with Gasteiger partial charge in [-0.25, -0.2) is 0 Å². The minimum atomic E-state index is 0.559. The smallest absolute Gasteiger partial charge is 0.0351 e. The molecule has 0 spiro atoms. The fourth-order valence-corrected chi connectivity index (χ4v) is 2.31. The van der Waals surface area contributed by atoms with Gasteiger partial charge in [-0.2, -0.15) is 0 Å². The highest BCUT2D eigenvalue weighted by atomic mass is 15.2. The number of rotatable bonds is 3. The summed E-state index contributed by atoms with van der Waals surface area (Å²) in [6.45, 7) is 5.97. The van der Waals surface area contributed by atoms with Crippen molar-refractivity contribution in [3.63, 3.8) is 0 Å². The largest absolute Gasteiger partial charge is 0.399 e. The number of benzene rings is 1. The Morgan fingerprint density at radius 3 is 2.80 bits per heavy atom. The summed E-state index contributed by atoms with van der Waals surface area (Å²) in [7, 11) is 0. The first-order valence-electron chi connectivity index (χ1n) is 5.51. The molecule has 0 amide bonds. The molecule has 1 aromatic carbocycles. The molecule has 0 aliphatic carbocycles. The minimum absolute atomic E-state index is 0.559. The summed E-state index contributed by atoms with van der Waals surface area (Å²) >= 11 is 0. The van der Waals surface area contributed by atoms with Gasteiger partial charge in [0.2, 0.25) is 0 Å². The summed E-state index contributed by atoms with van der Waals surface area (Å²) in [4.78, 5) is 2.47. The molecule has 0 aromatic heterocycles. The average molecular weight is 202 g/mol. The lowest BCUT2D eigenvalue weighted by Gasteiger charge is -2.23. The molecular weight excluding hydrogens is 184 g/mol. The van der Waals surface area contributed by atoms with Crippen molar-refractivity contribution in [3.05, 3.63) is 42.5 Å². The molecule has 15 heavy (non-hydrogen) atoms. The zero-order valence-electron chi connectivity index (χ0n) is 9.02. The number of nitrogens with zero attached hydrogens (tertiary/aromatic N) is 1. The van der Waals surface area contributed by atoms with Gasteiger partial charge in [-0.05, 0) is 37.1 Å². The third-order valence-electron chi connectivity index (χ3n) is 3.05. The van der Waals surface area contributed by atoms with E-state index in [1.165, 1.54) is 24.9 Å². The lowest BCUT2D eigenvalue weighted by Crippen LogP contribution is -2.23. The van der Waals surface area contributed by atoms with Crippen LogP contribution in [0.4, 0.5) is 5.69 Å². The van der Waals surface area contributed by atoms with E-state index >= 15 is 0 Å². The highest BCUT2D eigenvalue weighted by molar-refractivity contribution is 5.40. The molecule has 2 rings (SSSR count). The summed E-state index contributed by atoms with van der Waals surface area (Å²) in [6.07, 6.45) is 4.51. The van der Waals surface area contributed by atoms with E-state index in [0.717, 1.165) is 12.2 Å². The Morgan fingerprint density at radius 1 is 1.40 bits per heavy atom. The lowest BCUT2D eigenvalue weighted by atomic mass is 10.0. The second-order valence-electron chi connectivity index (χ2n) is 4.11. The normalized spacial score (nSPS) is 21.7. The SMILES string of the molecule is C=CCN1CCCC1c1ccc(N)cc1. The minimum Gasteiger partial charge on any atom is -0.399 e. The van der Waals surface area contributed by atoms with Crippen LogP contribution in [0, 0.1) is 0 Å². The van der Waals surface area contributed by atoms with Crippen LogP contribution in [0.15, 0.2) is 36.9 Å². The van der Waals surface area contributed by atoms with Crippen LogP contribution in [0.1, 0.15) is 24.4 Å². The monoisotopic (exact) mass is 202 g/mol. The molecule has 80 valence electrons. The molecule has 1 unspecified atom stereocenters. The highest BCUT2D eigenvalue weighted by Gasteiger charge is 2.24. The van der Waals surface area contributed by atoms with Crippen LogP contribution < -0.4 is 5.73 Å². The molecule has 1 aliphatic heterocycles. The third kappa shape index (κ3) is 2.21. The van der Waals surface area contributed by atoms with E-state index in [1.54, 1.807) is 0 Å². The van der Waals surface area contributed by atoms with Crippen LogP contribution in [0.5, 0.6) is 0 Å². The first-order valence-corrected chi connectivity index (χ1v) is 5.51. The maximum atomic E-state index is 5.69. The Hall–Kier alpha value is -1.28. The predicted octanol–water partition coefficient (Wildman–Crippen LogP) is 2.59. The van der Waals surface area contributed by atoms with E-state index in [9.17, 15) is 0 Å². The lowest BCUT2D eigenvalue weighted by molar-refractivity contribution is 0.286. The zero-order chi connectivity index (χ0) is 10.7. The number of hydrogen-bond donors (Lipinski definition) is 1.